The predicted molar refractivity (Wildman–Crippen MR) is 106 cm³/mol. The second-order valence-electron chi connectivity index (χ2n) is 7.07. The summed E-state index contributed by atoms with van der Waals surface area (Å²) in [5.41, 5.74) is 0.983. The average molecular weight is 401 g/mol. The third-order valence-electron chi connectivity index (χ3n) is 4.73. The summed E-state index contributed by atoms with van der Waals surface area (Å²) in [6.45, 7) is 5.73. The fourth-order valence-corrected chi connectivity index (χ4v) is 6.95. The van der Waals surface area contributed by atoms with Crippen LogP contribution in [0.15, 0.2) is 18.2 Å². The molecule has 1 aromatic rings. The zero-order valence-corrected chi connectivity index (χ0v) is 17.6. The Morgan fingerprint density at radius 1 is 1.08 bits per heavy atom. The fraction of sp³-hybridized carbons (Fsp3) is 0.684. The number of ether oxygens (including phenoxy) is 4. The van der Waals surface area contributed by atoms with Gasteiger partial charge in [-0.2, -0.15) is 0 Å². The maximum Gasteiger partial charge on any atom is 0.163 e. The van der Waals surface area contributed by atoms with Crippen molar-refractivity contribution in [2.75, 3.05) is 25.7 Å². The van der Waals surface area contributed by atoms with E-state index in [1.807, 2.05) is 39.0 Å². The average Bonchev–Trinajstić information content (AvgIpc) is 2.93. The standard InChI is InChI=1S/C19H28O5S2/c1-12-16(24-18(2,3)23-12)17(20)19(25-7-6-8-26-19)13-9-14(21-4)11-15(10-13)22-5/h9-12,16-17,20H,6-8H2,1-5H3. The van der Waals surface area contributed by atoms with Crippen LogP contribution in [-0.2, 0) is 13.6 Å². The van der Waals surface area contributed by atoms with E-state index in [1.165, 1.54) is 0 Å². The number of hydrogen-bond donors (Lipinski definition) is 1. The van der Waals surface area contributed by atoms with Crippen LogP contribution in [0, 0.1) is 0 Å². The summed E-state index contributed by atoms with van der Waals surface area (Å²) in [6.07, 6.45) is -0.201. The van der Waals surface area contributed by atoms with E-state index in [0.717, 1.165) is 35.0 Å². The van der Waals surface area contributed by atoms with E-state index in [-0.39, 0.29) is 6.10 Å². The van der Waals surface area contributed by atoms with Crippen molar-refractivity contribution in [3.8, 4) is 11.5 Å². The van der Waals surface area contributed by atoms with Gasteiger partial charge in [0, 0.05) is 6.07 Å². The molecule has 2 aliphatic rings. The SMILES string of the molecule is COc1cc(OC)cc(C2(C(O)C3OC(C)(C)OC3C)SCCCS2)c1. The fourth-order valence-electron chi connectivity index (χ4n) is 3.57. The lowest BCUT2D eigenvalue weighted by Crippen LogP contribution is -2.47. The van der Waals surface area contributed by atoms with Crippen LogP contribution in [0.2, 0.25) is 0 Å². The molecule has 0 aromatic heterocycles. The van der Waals surface area contributed by atoms with Gasteiger partial charge in [-0.05, 0) is 56.4 Å². The van der Waals surface area contributed by atoms with E-state index in [4.69, 9.17) is 18.9 Å². The molecule has 0 saturated carbocycles. The van der Waals surface area contributed by atoms with E-state index in [9.17, 15) is 5.11 Å². The van der Waals surface area contributed by atoms with Gasteiger partial charge in [0.15, 0.2) is 5.79 Å². The number of thioether (sulfide) groups is 2. The summed E-state index contributed by atoms with van der Waals surface area (Å²) >= 11 is 3.53. The third kappa shape index (κ3) is 3.83. The molecule has 1 N–H and O–H groups in total. The summed E-state index contributed by atoms with van der Waals surface area (Å²) in [5, 5.41) is 11.5. The molecular weight excluding hydrogens is 372 g/mol. The molecule has 0 radical (unpaired) electrons. The first-order valence-electron chi connectivity index (χ1n) is 8.86. The monoisotopic (exact) mass is 400 g/mol. The normalized spacial score (nSPS) is 28.5. The minimum absolute atomic E-state index is 0.187. The highest BCUT2D eigenvalue weighted by Crippen LogP contribution is 2.56. The molecule has 7 heteroatoms. The van der Waals surface area contributed by atoms with Crippen molar-refractivity contribution in [1.29, 1.82) is 0 Å². The molecule has 2 heterocycles. The molecule has 3 atom stereocenters. The number of hydrogen-bond acceptors (Lipinski definition) is 7. The number of benzene rings is 1. The van der Waals surface area contributed by atoms with Gasteiger partial charge in [-0.3, -0.25) is 0 Å². The highest BCUT2D eigenvalue weighted by molar-refractivity contribution is 8.18. The molecule has 3 unspecified atom stereocenters. The molecule has 2 saturated heterocycles. The Hall–Kier alpha value is -0.600. The summed E-state index contributed by atoms with van der Waals surface area (Å²) in [5.74, 6) is 2.70. The Morgan fingerprint density at radius 3 is 2.12 bits per heavy atom. The van der Waals surface area contributed by atoms with E-state index in [0.29, 0.717) is 0 Å². The molecule has 146 valence electrons. The molecule has 5 nitrogen and oxygen atoms in total. The van der Waals surface area contributed by atoms with Crippen LogP contribution in [0.1, 0.15) is 32.8 Å². The van der Waals surface area contributed by atoms with Crippen LogP contribution in [0.5, 0.6) is 11.5 Å². The second-order valence-corrected chi connectivity index (χ2v) is 10.0. The van der Waals surface area contributed by atoms with Gasteiger partial charge in [-0.25, -0.2) is 0 Å². The van der Waals surface area contributed by atoms with Crippen molar-refractivity contribution in [2.24, 2.45) is 0 Å². The maximum atomic E-state index is 11.5. The minimum Gasteiger partial charge on any atom is -0.497 e. The summed E-state index contributed by atoms with van der Waals surface area (Å²) in [4.78, 5) is 0. The second kappa shape index (κ2) is 7.80. The van der Waals surface area contributed by atoms with Crippen LogP contribution in [0.4, 0.5) is 0 Å². The number of methoxy groups -OCH3 is 2. The third-order valence-corrected chi connectivity index (χ3v) is 8.23. The quantitative estimate of drug-likeness (QED) is 0.810. The smallest absolute Gasteiger partial charge is 0.163 e. The van der Waals surface area contributed by atoms with Crippen LogP contribution in [0.25, 0.3) is 0 Å². The number of aliphatic hydroxyl groups is 1. The highest BCUT2D eigenvalue weighted by atomic mass is 32.2. The van der Waals surface area contributed by atoms with Gasteiger partial charge >= 0.3 is 0 Å². The topological polar surface area (TPSA) is 57.2 Å². The van der Waals surface area contributed by atoms with Crippen molar-refractivity contribution in [1.82, 2.24) is 0 Å². The molecule has 0 aliphatic carbocycles. The first kappa shape index (κ1) is 20.1. The van der Waals surface area contributed by atoms with Gasteiger partial charge < -0.3 is 24.1 Å². The van der Waals surface area contributed by atoms with Gasteiger partial charge in [-0.1, -0.05) is 0 Å². The molecule has 2 aliphatic heterocycles. The lowest BCUT2D eigenvalue weighted by molar-refractivity contribution is -0.155. The summed E-state index contributed by atoms with van der Waals surface area (Å²) < 4.78 is 22.3. The van der Waals surface area contributed by atoms with Crippen molar-refractivity contribution >= 4 is 23.5 Å². The number of aliphatic hydroxyl groups excluding tert-OH is 1. The predicted octanol–water partition coefficient (Wildman–Crippen LogP) is 3.63. The maximum absolute atomic E-state index is 11.5. The van der Waals surface area contributed by atoms with Crippen LogP contribution in [-0.4, -0.2) is 54.9 Å². The molecule has 0 amide bonds. The first-order chi connectivity index (χ1) is 12.3. The van der Waals surface area contributed by atoms with Gasteiger partial charge in [0.25, 0.3) is 0 Å². The van der Waals surface area contributed by atoms with Gasteiger partial charge in [-0.15, -0.1) is 23.5 Å². The highest BCUT2D eigenvalue weighted by Gasteiger charge is 2.53. The summed E-state index contributed by atoms with van der Waals surface area (Å²) in [6, 6.07) is 5.83. The Kier molecular flexibility index (Phi) is 6.04. The molecule has 3 rings (SSSR count). The molecule has 0 spiro atoms. The number of rotatable bonds is 5. The molecule has 0 bridgehead atoms. The Balaban J connectivity index is 2.02. The van der Waals surface area contributed by atoms with Gasteiger partial charge in [0.05, 0.1) is 20.3 Å². The van der Waals surface area contributed by atoms with Crippen molar-refractivity contribution in [2.45, 2.75) is 55.4 Å². The molecule has 2 fully saturated rings. The first-order valence-corrected chi connectivity index (χ1v) is 10.8. The van der Waals surface area contributed by atoms with E-state index in [1.54, 1.807) is 37.7 Å². The van der Waals surface area contributed by atoms with Crippen LogP contribution in [0.3, 0.4) is 0 Å². The molecular formula is C19H28O5S2. The Labute approximate surface area is 164 Å². The summed E-state index contributed by atoms with van der Waals surface area (Å²) in [7, 11) is 3.28. The Bertz CT molecular complexity index is 608. The van der Waals surface area contributed by atoms with Crippen LogP contribution >= 0.6 is 23.5 Å². The van der Waals surface area contributed by atoms with Crippen LogP contribution < -0.4 is 9.47 Å². The largest absolute Gasteiger partial charge is 0.497 e. The molecule has 1 aromatic carbocycles. The lowest BCUT2D eigenvalue weighted by atomic mass is 9.99. The van der Waals surface area contributed by atoms with E-state index < -0.39 is 22.1 Å². The molecule has 26 heavy (non-hydrogen) atoms. The van der Waals surface area contributed by atoms with Gasteiger partial charge in [0.2, 0.25) is 0 Å². The zero-order valence-electron chi connectivity index (χ0n) is 16.0. The van der Waals surface area contributed by atoms with E-state index >= 15 is 0 Å². The van der Waals surface area contributed by atoms with E-state index in [2.05, 4.69) is 0 Å². The Morgan fingerprint density at radius 2 is 1.65 bits per heavy atom. The van der Waals surface area contributed by atoms with Crippen molar-refractivity contribution < 1.29 is 24.1 Å². The van der Waals surface area contributed by atoms with Gasteiger partial charge in [0.1, 0.15) is 27.8 Å². The van der Waals surface area contributed by atoms with Crippen molar-refractivity contribution in [3.05, 3.63) is 23.8 Å². The van der Waals surface area contributed by atoms with Crippen molar-refractivity contribution in [3.63, 3.8) is 0 Å². The minimum atomic E-state index is -0.730. The zero-order chi connectivity index (χ0) is 18.9. The lowest BCUT2D eigenvalue weighted by Gasteiger charge is -2.42.